The highest BCUT2D eigenvalue weighted by molar-refractivity contribution is 9.10. The third-order valence-electron chi connectivity index (χ3n) is 4.81. The molecule has 0 aliphatic heterocycles. The Hall–Kier alpha value is -2.20. The van der Waals surface area contributed by atoms with Crippen LogP contribution < -0.4 is 16.2 Å². The van der Waals surface area contributed by atoms with Gasteiger partial charge in [-0.05, 0) is 48.7 Å². The molecular weight excluding hydrogens is 412 g/mol. The van der Waals surface area contributed by atoms with Gasteiger partial charge in [0.05, 0.1) is 6.61 Å². The van der Waals surface area contributed by atoms with Crippen molar-refractivity contribution in [2.45, 2.75) is 39.5 Å². The molecule has 0 aliphatic rings. The lowest BCUT2D eigenvalue weighted by atomic mass is 10.0. The minimum atomic E-state index is 0.645. The van der Waals surface area contributed by atoms with E-state index < -0.39 is 0 Å². The summed E-state index contributed by atoms with van der Waals surface area (Å²) in [7, 11) is 0. The second-order valence-electron chi connectivity index (χ2n) is 6.98. The molecule has 0 aliphatic carbocycles. The third-order valence-corrected chi connectivity index (χ3v) is 5.33. The lowest BCUT2D eigenvalue weighted by Gasteiger charge is -2.17. The molecule has 3 nitrogen and oxygen atoms in total. The lowest BCUT2D eigenvalue weighted by molar-refractivity contribution is 0.235. The van der Waals surface area contributed by atoms with E-state index in [0.717, 1.165) is 39.0 Å². The van der Waals surface area contributed by atoms with Crippen LogP contribution in [0, 0.1) is 5.92 Å². The zero-order chi connectivity index (χ0) is 20.4. The lowest BCUT2D eigenvalue weighted by Crippen LogP contribution is -2.11. The number of benzene rings is 3. The van der Waals surface area contributed by atoms with E-state index in [1.54, 1.807) is 0 Å². The Labute approximate surface area is 177 Å². The maximum Gasteiger partial charge on any atom is 0.127 e. The molecule has 3 rings (SSSR count). The number of hydrogen-bond acceptors (Lipinski definition) is 3. The fraction of sp³-hybridized carbons (Fsp3) is 0.333. The van der Waals surface area contributed by atoms with Crippen LogP contribution in [0.15, 0.2) is 65.1 Å². The maximum absolute atomic E-state index is 6.07. The first-order valence-corrected chi connectivity index (χ1v) is 10.8. The first-order chi connectivity index (χ1) is 13.5. The average Bonchev–Trinajstić information content (AvgIpc) is 2.72. The normalized spacial score (nSPS) is 11.5. The van der Waals surface area contributed by atoms with Gasteiger partial charge < -0.3 is 16.2 Å². The number of unbranched alkanes of at least 4 members (excludes halogenated alkanes) is 1. The van der Waals surface area contributed by atoms with Crippen LogP contribution in [0.3, 0.4) is 0 Å². The molecule has 0 spiro atoms. The number of anilines is 2. The van der Waals surface area contributed by atoms with E-state index in [4.69, 9.17) is 16.2 Å². The first kappa shape index (κ1) is 22.1. The third kappa shape index (κ3) is 6.75. The van der Waals surface area contributed by atoms with Gasteiger partial charge in [-0.15, -0.1) is 0 Å². The van der Waals surface area contributed by atoms with Crippen LogP contribution in [0.1, 0.15) is 39.5 Å². The molecule has 0 aromatic heterocycles. The fourth-order valence-electron chi connectivity index (χ4n) is 2.99. The Balaban J connectivity index is 0.000000292. The van der Waals surface area contributed by atoms with Gasteiger partial charge in [-0.3, -0.25) is 0 Å². The van der Waals surface area contributed by atoms with Crippen molar-refractivity contribution < 1.29 is 4.74 Å². The van der Waals surface area contributed by atoms with Gasteiger partial charge in [0.1, 0.15) is 5.75 Å². The van der Waals surface area contributed by atoms with Gasteiger partial charge in [-0.2, -0.15) is 0 Å². The van der Waals surface area contributed by atoms with Crippen LogP contribution in [0.25, 0.3) is 10.8 Å². The zero-order valence-corrected chi connectivity index (χ0v) is 18.4. The van der Waals surface area contributed by atoms with Gasteiger partial charge in [0.15, 0.2) is 0 Å². The molecule has 1 atom stereocenters. The number of halogens is 1. The molecule has 150 valence electrons. The molecule has 4 heteroatoms. The van der Waals surface area contributed by atoms with Gasteiger partial charge >= 0.3 is 0 Å². The summed E-state index contributed by atoms with van der Waals surface area (Å²) in [6, 6.07) is 19.6. The molecule has 0 heterocycles. The quantitative estimate of drug-likeness (QED) is 0.385. The van der Waals surface area contributed by atoms with E-state index in [-0.39, 0.29) is 0 Å². The fourth-order valence-corrected chi connectivity index (χ4v) is 3.25. The Morgan fingerprint density at radius 2 is 1.57 bits per heavy atom. The van der Waals surface area contributed by atoms with E-state index in [2.05, 4.69) is 35.8 Å². The standard InChI is InChI=1S/C18H25NO.C6H6BrN/c1-3-5-8-14(4-2)13-20-18-12-11-17(19)15-9-6-7-10-16(15)18;7-5-1-3-6(8)4-2-5/h6-7,9-12,14H,3-5,8,13,19H2,1-2H3;1-4H,8H2. The minimum absolute atomic E-state index is 0.645. The molecule has 1 unspecified atom stereocenters. The summed E-state index contributed by atoms with van der Waals surface area (Å²) >= 11 is 3.29. The van der Waals surface area contributed by atoms with Gasteiger partial charge in [0.25, 0.3) is 0 Å². The van der Waals surface area contributed by atoms with Gasteiger partial charge in [-0.1, -0.05) is 73.3 Å². The van der Waals surface area contributed by atoms with Crippen LogP contribution in [0.5, 0.6) is 5.75 Å². The summed E-state index contributed by atoms with van der Waals surface area (Å²) < 4.78 is 7.13. The summed E-state index contributed by atoms with van der Waals surface area (Å²) in [4.78, 5) is 0. The molecule has 0 fully saturated rings. The second kappa shape index (κ2) is 11.6. The molecule has 28 heavy (non-hydrogen) atoms. The van der Waals surface area contributed by atoms with Crippen molar-refractivity contribution in [1.29, 1.82) is 0 Å². The average molecular weight is 443 g/mol. The number of fused-ring (bicyclic) bond motifs is 1. The maximum atomic E-state index is 6.07. The molecule has 3 aromatic carbocycles. The highest BCUT2D eigenvalue weighted by Gasteiger charge is 2.09. The highest BCUT2D eigenvalue weighted by Crippen LogP contribution is 2.30. The Kier molecular flexibility index (Phi) is 9.15. The number of nitrogens with two attached hydrogens (primary N) is 2. The van der Waals surface area contributed by atoms with Crippen LogP contribution in [-0.2, 0) is 0 Å². The summed E-state index contributed by atoms with van der Waals surface area (Å²) in [5.74, 6) is 1.59. The Morgan fingerprint density at radius 1 is 0.893 bits per heavy atom. The predicted molar refractivity (Wildman–Crippen MR) is 126 cm³/mol. The van der Waals surface area contributed by atoms with Crippen molar-refractivity contribution in [2.75, 3.05) is 18.1 Å². The Bertz CT molecular complexity index is 828. The van der Waals surface area contributed by atoms with Gasteiger partial charge in [0.2, 0.25) is 0 Å². The SMILES string of the molecule is CCCCC(CC)COc1ccc(N)c2ccccc12.Nc1ccc(Br)cc1. The van der Waals surface area contributed by atoms with Crippen LogP contribution >= 0.6 is 15.9 Å². The highest BCUT2D eigenvalue weighted by atomic mass is 79.9. The smallest absolute Gasteiger partial charge is 0.127 e. The number of ether oxygens (including phenoxy) is 1. The molecule has 0 saturated carbocycles. The van der Waals surface area contributed by atoms with E-state index in [1.807, 2.05) is 54.6 Å². The molecule has 0 radical (unpaired) electrons. The van der Waals surface area contributed by atoms with Crippen molar-refractivity contribution in [3.05, 3.63) is 65.1 Å². The largest absolute Gasteiger partial charge is 0.493 e. The predicted octanol–water partition coefficient (Wildman–Crippen LogP) is 7.05. The molecule has 0 saturated heterocycles. The van der Waals surface area contributed by atoms with Crippen LogP contribution in [0.2, 0.25) is 0 Å². The number of hydrogen-bond donors (Lipinski definition) is 2. The van der Waals surface area contributed by atoms with Crippen molar-refractivity contribution in [2.24, 2.45) is 5.92 Å². The van der Waals surface area contributed by atoms with E-state index in [9.17, 15) is 0 Å². The topological polar surface area (TPSA) is 61.3 Å². The van der Waals surface area contributed by atoms with Crippen molar-refractivity contribution in [3.63, 3.8) is 0 Å². The minimum Gasteiger partial charge on any atom is -0.493 e. The molecule has 0 bridgehead atoms. The van der Waals surface area contributed by atoms with E-state index in [1.165, 1.54) is 25.7 Å². The molecular formula is C24H31BrN2O. The zero-order valence-electron chi connectivity index (χ0n) is 16.8. The monoisotopic (exact) mass is 442 g/mol. The van der Waals surface area contributed by atoms with Crippen LogP contribution in [-0.4, -0.2) is 6.61 Å². The van der Waals surface area contributed by atoms with Gasteiger partial charge in [0, 0.05) is 26.6 Å². The van der Waals surface area contributed by atoms with E-state index in [0.29, 0.717) is 5.92 Å². The van der Waals surface area contributed by atoms with Crippen molar-refractivity contribution in [1.82, 2.24) is 0 Å². The molecule has 3 aromatic rings. The van der Waals surface area contributed by atoms with E-state index >= 15 is 0 Å². The van der Waals surface area contributed by atoms with Crippen LogP contribution in [0.4, 0.5) is 11.4 Å². The Morgan fingerprint density at radius 3 is 2.18 bits per heavy atom. The van der Waals surface area contributed by atoms with Crippen molar-refractivity contribution in [3.8, 4) is 5.75 Å². The summed E-state index contributed by atoms with van der Waals surface area (Å²) in [5.41, 5.74) is 13.0. The number of rotatable bonds is 7. The molecule has 0 amide bonds. The summed E-state index contributed by atoms with van der Waals surface area (Å²) in [6.07, 6.45) is 4.96. The second-order valence-corrected chi connectivity index (χ2v) is 7.89. The summed E-state index contributed by atoms with van der Waals surface area (Å²) in [6.45, 7) is 5.27. The molecule has 4 N–H and O–H groups in total. The number of nitrogen functional groups attached to an aromatic ring is 2. The van der Waals surface area contributed by atoms with Crippen molar-refractivity contribution >= 4 is 38.1 Å². The summed E-state index contributed by atoms with van der Waals surface area (Å²) in [5, 5.41) is 2.18. The first-order valence-electron chi connectivity index (χ1n) is 9.96. The van der Waals surface area contributed by atoms with Gasteiger partial charge in [-0.25, -0.2) is 0 Å².